The molecule has 0 aromatic rings. The highest BCUT2D eigenvalue weighted by Gasteiger charge is 2.18. The Labute approximate surface area is 118 Å². The molecule has 0 saturated carbocycles. The fraction of sp³-hybridized carbons (Fsp3) is 0.714. The first-order valence-electron chi connectivity index (χ1n) is 6.54. The van der Waals surface area contributed by atoms with Crippen LogP contribution in [0.15, 0.2) is 23.2 Å². The van der Waals surface area contributed by atoms with E-state index in [1.165, 1.54) is 0 Å². The van der Waals surface area contributed by atoms with Crippen molar-refractivity contribution in [3.63, 3.8) is 0 Å². The van der Waals surface area contributed by atoms with E-state index in [1.54, 1.807) is 0 Å². The highest BCUT2D eigenvalue weighted by molar-refractivity contribution is 9.11. The molecule has 3 atom stereocenters. The lowest BCUT2D eigenvalue weighted by Crippen LogP contribution is -2.32. The first-order chi connectivity index (χ1) is 8.59. The lowest BCUT2D eigenvalue weighted by atomic mass is 9.85. The summed E-state index contributed by atoms with van der Waals surface area (Å²) in [5.41, 5.74) is 0. The Hall–Kier alpha value is -0.160. The molecule has 1 rings (SSSR count). The van der Waals surface area contributed by atoms with E-state index in [2.05, 4.69) is 46.9 Å². The van der Waals surface area contributed by atoms with Gasteiger partial charge in [-0.15, -0.1) is 0 Å². The molecule has 0 saturated heterocycles. The van der Waals surface area contributed by atoms with Gasteiger partial charge in [0.1, 0.15) is 0 Å². The molecule has 0 spiro atoms. The zero-order chi connectivity index (χ0) is 13.4. The van der Waals surface area contributed by atoms with Crippen molar-refractivity contribution in [1.29, 1.82) is 0 Å². The van der Waals surface area contributed by atoms with Gasteiger partial charge in [-0.25, -0.2) is 0 Å². The summed E-state index contributed by atoms with van der Waals surface area (Å²) in [4.78, 5) is 0. The Kier molecular flexibility index (Phi) is 7.82. The largest absolute Gasteiger partial charge is 0.389 e. The summed E-state index contributed by atoms with van der Waals surface area (Å²) in [6.07, 6.45) is 6.26. The summed E-state index contributed by atoms with van der Waals surface area (Å²) < 4.78 is 6.49. The molecule has 0 aliphatic heterocycles. The number of ether oxygens (including phenoxy) is 1. The van der Waals surface area contributed by atoms with Crippen LogP contribution < -0.4 is 5.32 Å². The maximum absolute atomic E-state index is 9.71. The van der Waals surface area contributed by atoms with E-state index in [9.17, 15) is 5.11 Å². The quantitative estimate of drug-likeness (QED) is 0.676. The Balaban J connectivity index is 2.06. The van der Waals surface area contributed by atoms with Gasteiger partial charge in [0.05, 0.1) is 19.3 Å². The first kappa shape index (κ1) is 15.9. The van der Waals surface area contributed by atoms with Crippen LogP contribution in [0.2, 0.25) is 0 Å². The van der Waals surface area contributed by atoms with Crippen molar-refractivity contribution in [2.24, 2.45) is 11.8 Å². The minimum Gasteiger partial charge on any atom is -0.389 e. The van der Waals surface area contributed by atoms with Crippen LogP contribution in [0.1, 0.15) is 19.8 Å². The van der Waals surface area contributed by atoms with Crippen molar-refractivity contribution in [3.05, 3.63) is 23.2 Å². The zero-order valence-corrected chi connectivity index (χ0v) is 12.7. The third kappa shape index (κ3) is 6.69. The van der Waals surface area contributed by atoms with Gasteiger partial charge in [-0.05, 0) is 24.7 Å². The third-order valence-corrected chi connectivity index (χ3v) is 3.54. The van der Waals surface area contributed by atoms with E-state index < -0.39 is 6.10 Å². The van der Waals surface area contributed by atoms with Gasteiger partial charge >= 0.3 is 0 Å². The van der Waals surface area contributed by atoms with E-state index in [0.717, 1.165) is 23.9 Å². The van der Waals surface area contributed by atoms with Crippen LogP contribution in [0.5, 0.6) is 0 Å². The molecular weight excluding hydrogens is 294 g/mol. The number of rotatable bonds is 8. The second-order valence-corrected chi connectivity index (χ2v) is 6.14. The molecule has 4 heteroatoms. The molecule has 0 amide bonds. The number of aliphatic hydroxyl groups is 1. The molecule has 3 unspecified atom stereocenters. The maximum atomic E-state index is 9.71. The van der Waals surface area contributed by atoms with Gasteiger partial charge in [-0.2, -0.15) is 0 Å². The Morgan fingerprint density at radius 3 is 2.94 bits per heavy atom. The van der Waals surface area contributed by atoms with Gasteiger partial charge < -0.3 is 15.2 Å². The van der Waals surface area contributed by atoms with Crippen LogP contribution in [-0.4, -0.2) is 37.5 Å². The SMILES string of the molecule is C=C(Br)CNCC(O)COCC1CC=CCC1C. The van der Waals surface area contributed by atoms with Gasteiger partial charge in [0.25, 0.3) is 0 Å². The summed E-state index contributed by atoms with van der Waals surface area (Å²) in [5.74, 6) is 1.28. The molecule has 1 aliphatic carbocycles. The van der Waals surface area contributed by atoms with Crippen molar-refractivity contribution in [2.75, 3.05) is 26.3 Å². The summed E-state index contributed by atoms with van der Waals surface area (Å²) in [5, 5.41) is 12.8. The Bertz CT molecular complexity index is 281. The standard InChI is InChI=1S/C14H24BrNO2/c1-11-5-3-4-6-13(11)9-18-10-14(17)8-16-7-12(2)15/h3-4,11,13-14,16-17H,2,5-10H2,1H3. The van der Waals surface area contributed by atoms with Crippen LogP contribution in [0.3, 0.4) is 0 Å². The average molecular weight is 318 g/mol. The van der Waals surface area contributed by atoms with Crippen LogP contribution >= 0.6 is 15.9 Å². The Morgan fingerprint density at radius 2 is 2.28 bits per heavy atom. The van der Waals surface area contributed by atoms with Crippen molar-refractivity contribution in [2.45, 2.75) is 25.9 Å². The maximum Gasteiger partial charge on any atom is 0.0897 e. The highest BCUT2D eigenvalue weighted by Crippen LogP contribution is 2.24. The molecule has 0 heterocycles. The molecule has 18 heavy (non-hydrogen) atoms. The number of hydrogen-bond donors (Lipinski definition) is 2. The number of nitrogens with one attached hydrogen (secondary N) is 1. The lowest BCUT2D eigenvalue weighted by molar-refractivity contribution is 0.0132. The highest BCUT2D eigenvalue weighted by atomic mass is 79.9. The molecule has 0 bridgehead atoms. The molecular formula is C14H24BrNO2. The van der Waals surface area contributed by atoms with Crippen molar-refractivity contribution < 1.29 is 9.84 Å². The fourth-order valence-electron chi connectivity index (χ4n) is 2.03. The molecule has 3 nitrogen and oxygen atoms in total. The number of halogens is 1. The van der Waals surface area contributed by atoms with Crippen molar-refractivity contribution in [1.82, 2.24) is 5.32 Å². The van der Waals surface area contributed by atoms with Gasteiger partial charge in [0.2, 0.25) is 0 Å². The second kappa shape index (κ2) is 8.86. The molecule has 0 radical (unpaired) electrons. The van der Waals surface area contributed by atoms with Crippen molar-refractivity contribution in [3.8, 4) is 0 Å². The summed E-state index contributed by atoms with van der Waals surface area (Å²) in [6, 6.07) is 0. The van der Waals surface area contributed by atoms with Crippen molar-refractivity contribution >= 4 is 15.9 Å². The first-order valence-corrected chi connectivity index (χ1v) is 7.33. The van der Waals surface area contributed by atoms with Gasteiger partial charge in [-0.1, -0.05) is 41.6 Å². The average Bonchev–Trinajstić information content (AvgIpc) is 2.31. The monoisotopic (exact) mass is 317 g/mol. The zero-order valence-electron chi connectivity index (χ0n) is 11.1. The van der Waals surface area contributed by atoms with Gasteiger partial charge in [-0.3, -0.25) is 0 Å². The topological polar surface area (TPSA) is 41.5 Å². The van der Waals surface area contributed by atoms with Crippen LogP contribution in [0.25, 0.3) is 0 Å². The summed E-state index contributed by atoms with van der Waals surface area (Å²) in [6.45, 7) is 8.32. The van der Waals surface area contributed by atoms with E-state index >= 15 is 0 Å². The Morgan fingerprint density at radius 1 is 1.56 bits per heavy atom. The van der Waals surface area contributed by atoms with E-state index in [4.69, 9.17) is 4.74 Å². The molecule has 0 aromatic heterocycles. The fourth-order valence-corrected chi connectivity index (χ4v) is 2.23. The van der Waals surface area contributed by atoms with E-state index in [-0.39, 0.29) is 0 Å². The van der Waals surface area contributed by atoms with Gasteiger partial charge in [0.15, 0.2) is 0 Å². The molecule has 104 valence electrons. The van der Waals surface area contributed by atoms with E-state index in [0.29, 0.717) is 31.5 Å². The predicted octanol–water partition coefficient (Wildman–Crippen LogP) is 2.46. The normalized spacial score (nSPS) is 25.1. The third-order valence-electron chi connectivity index (χ3n) is 3.26. The van der Waals surface area contributed by atoms with Crippen LogP contribution in [0.4, 0.5) is 0 Å². The minimum absolute atomic E-state index is 0.398. The lowest BCUT2D eigenvalue weighted by Gasteiger charge is -2.25. The minimum atomic E-state index is -0.453. The number of allylic oxidation sites excluding steroid dienone is 2. The predicted molar refractivity (Wildman–Crippen MR) is 78.8 cm³/mol. The number of aliphatic hydroxyl groups excluding tert-OH is 1. The summed E-state index contributed by atoms with van der Waals surface area (Å²) in [7, 11) is 0. The van der Waals surface area contributed by atoms with Crippen LogP contribution in [-0.2, 0) is 4.74 Å². The molecule has 0 aromatic carbocycles. The second-order valence-electron chi connectivity index (χ2n) is 5.02. The van der Waals surface area contributed by atoms with E-state index in [1.807, 2.05) is 0 Å². The summed E-state index contributed by atoms with van der Waals surface area (Å²) >= 11 is 3.26. The van der Waals surface area contributed by atoms with Crippen LogP contribution in [0, 0.1) is 11.8 Å². The smallest absolute Gasteiger partial charge is 0.0897 e. The molecule has 1 aliphatic rings. The number of hydrogen-bond acceptors (Lipinski definition) is 3. The molecule has 2 N–H and O–H groups in total. The molecule has 0 fully saturated rings. The van der Waals surface area contributed by atoms with Gasteiger partial charge in [0, 0.05) is 17.6 Å².